The number of carbonyl (C=O) groups excluding carboxylic acids is 1. The number of nitrogens with zero attached hydrogens (tertiary/aromatic N) is 2. The highest BCUT2D eigenvalue weighted by molar-refractivity contribution is 6.16. The lowest BCUT2D eigenvalue weighted by atomic mass is 9.88. The van der Waals surface area contributed by atoms with Crippen molar-refractivity contribution in [2.24, 2.45) is 0 Å². The van der Waals surface area contributed by atoms with Crippen LogP contribution in [-0.4, -0.2) is 47.8 Å². The van der Waals surface area contributed by atoms with Gasteiger partial charge in [0.25, 0.3) is 0 Å². The van der Waals surface area contributed by atoms with Crippen LogP contribution in [0, 0.1) is 6.92 Å². The second-order valence-corrected chi connectivity index (χ2v) is 10.8. The zero-order chi connectivity index (χ0) is 29.9. The number of esters is 1. The number of furan rings is 1. The molecule has 6 rings (SSSR count). The summed E-state index contributed by atoms with van der Waals surface area (Å²) in [6, 6.07) is 18.8. The van der Waals surface area contributed by atoms with E-state index in [-0.39, 0.29) is 18.4 Å². The Labute approximate surface area is 250 Å². The molecule has 43 heavy (non-hydrogen) atoms. The van der Waals surface area contributed by atoms with Gasteiger partial charge < -0.3 is 23.7 Å². The van der Waals surface area contributed by atoms with Gasteiger partial charge in [-0.3, -0.25) is 4.90 Å². The van der Waals surface area contributed by atoms with E-state index < -0.39 is 5.97 Å². The number of likely N-dealkylation sites (tertiary alicyclic amines) is 1. The second kappa shape index (κ2) is 12.4. The van der Waals surface area contributed by atoms with E-state index in [2.05, 4.69) is 9.88 Å². The molecule has 222 valence electrons. The lowest BCUT2D eigenvalue weighted by Gasteiger charge is -2.36. The SMILES string of the molecule is CCOC(=O)c1c(C)oc2c1c(C(c1ccnc(OCc3cccc(OC)c3)c1)N1CCCCC1)c(O)c1ccccc12. The van der Waals surface area contributed by atoms with E-state index >= 15 is 0 Å². The first-order chi connectivity index (χ1) is 21.0. The van der Waals surface area contributed by atoms with Crippen LogP contribution in [-0.2, 0) is 11.3 Å². The monoisotopic (exact) mass is 580 g/mol. The van der Waals surface area contributed by atoms with Crippen LogP contribution in [0.1, 0.15) is 65.0 Å². The molecule has 1 N–H and O–H groups in total. The van der Waals surface area contributed by atoms with Crippen LogP contribution >= 0.6 is 0 Å². The number of fused-ring (bicyclic) bond motifs is 3. The molecule has 1 saturated heterocycles. The Morgan fingerprint density at radius 2 is 1.84 bits per heavy atom. The number of benzene rings is 3. The molecule has 1 aliphatic heterocycles. The molecule has 3 heterocycles. The third-order valence-electron chi connectivity index (χ3n) is 8.14. The fourth-order valence-corrected chi connectivity index (χ4v) is 6.19. The van der Waals surface area contributed by atoms with Gasteiger partial charge in [0.1, 0.15) is 35.0 Å². The number of aryl methyl sites for hydroxylation is 1. The van der Waals surface area contributed by atoms with E-state index in [0.29, 0.717) is 45.7 Å². The molecular formula is C35H36N2O6. The van der Waals surface area contributed by atoms with Crippen LogP contribution < -0.4 is 9.47 Å². The summed E-state index contributed by atoms with van der Waals surface area (Å²) in [7, 11) is 1.64. The van der Waals surface area contributed by atoms with E-state index in [1.165, 1.54) is 0 Å². The number of pyridine rings is 1. The molecule has 0 bridgehead atoms. The zero-order valence-corrected chi connectivity index (χ0v) is 24.8. The van der Waals surface area contributed by atoms with E-state index in [4.69, 9.17) is 18.6 Å². The van der Waals surface area contributed by atoms with E-state index in [9.17, 15) is 9.90 Å². The minimum Gasteiger partial charge on any atom is -0.507 e. The van der Waals surface area contributed by atoms with Gasteiger partial charge in [-0.1, -0.05) is 42.8 Å². The molecular weight excluding hydrogens is 544 g/mol. The summed E-state index contributed by atoms with van der Waals surface area (Å²) in [6.45, 7) is 5.78. The van der Waals surface area contributed by atoms with Crippen LogP contribution in [0.15, 0.2) is 71.3 Å². The lowest BCUT2D eigenvalue weighted by molar-refractivity contribution is 0.0526. The van der Waals surface area contributed by atoms with Gasteiger partial charge in [0.2, 0.25) is 5.88 Å². The van der Waals surface area contributed by atoms with Gasteiger partial charge in [0.15, 0.2) is 0 Å². The van der Waals surface area contributed by atoms with Crippen molar-refractivity contribution in [2.45, 2.75) is 45.8 Å². The topological polar surface area (TPSA) is 94.3 Å². The van der Waals surface area contributed by atoms with Gasteiger partial charge >= 0.3 is 5.97 Å². The highest BCUT2D eigenvalue weighted by atomic mass is 16.5. The summed E-state index contributed by atoms with van der Waals surface area (Å²) in [5, 5.41) is 14.0. The fourth-order valence-electron chi connectivity index (χ4n) is 6.19. The number of phenolic OH excluding ortho intramolecular Hbond substituents is 1. The van der Waals surface area contributed by atoms with Crippen molar-refractivity contribution in [2.75, 3.05) is 26.8 Å². The summed E-state index contributed by atoms with van der Waals surface area (Å²) in [6.07, 6.45) is 4.95. The molecule has 8 nitrogen and oxygen atoms in total. The van der Waals surface area contributed by atoms with Crippen molar-refractivity contribution in [1.29, 1.82) is 0 Å². The van der Waals surface area contributed by atoms with Crippen molar-refractivity contribution >= 4 is 27.7 Å². The van der Waals surface area contributed by atoms with Gasteiger partial charge in [0, 0.05) is 34.0 Å². The Bertz CT molecular complexity index is 1770. The van der Waals surface area contributed by atoms with Gasteiger partial charge in [-0.25, -0.2) is 9.78 Å². The summed E-state index contributed by atoms with van der Waals surface area (Å²) >= 11 is 0. The third-order valence-corrected chi connectivity index (χ3v) is 8.14. The molecule has 2 aromatic heterocycles. The molecule has 1 unspecified atom stereocenters. The molecule has 0 aliphatic carbocycles. The predicted octanol–water partition coefficient (Wildman–Crippen LogP) is 7.33. The van der Waals surface area contributed by atoms with Gasteiger partial charge in [-0.15, -0.1) is 0 Å². The van der Waals surface area contributed by atoms with Crippen molar-refractivity contribution in [3.05, 3.63) is 94.9 Å². The second-order valence-electron chi connectivity index (χ2n) is 10.8. The maximum absolute atomic E-state index is 13.4. The molecule has 1 atom stereocenters. The number of carbonyl (C=O) groups is 1. The molecule has 5 aromatic rings. The van der Waals surface area contributed by atoms with Gasteiger partial charge in [-0.2, -0.15) is 0 Å². The summed E-state index contributed by atoms with van der Waals surface area (Å²) < 4.78 is 23.3. The number of ether oxygens (including phenoxy) is 3. The standard InChI is InChI=1S/C35H36N2O6/c1-4-41-35(39)29-22(2)43-34-27-14-7-6-13-26(27)33(38)31(30(29)34)32(37-17-8-5-9-18-37)24-15-16-36-28(20-24)42-21-23-11-10-12-25(19-23)40-3/h6-7,10-16,19-20,32,38H,4-5,8-9,17-18,21H2,1-3H3. The smallest absolute Gasteiger partial charge is 0.342 e. The third kappa shape index (κ3) is 5.50. The van der Waals surface area contributed by atoms with Crippen LogP contribution in [0.3, 0.4) is 0 Å². The Kier molecular flexibility index (Phi) is 8.20. The molecule has 0 spiro atoms. The van der Waals surface area contributed by atoms with Crippen molar-refractivity contribution < 1.29 is 28.5 Å². The quantitative estimate of drug-likeness (QED) is 0.181. The molecule has 3 aromatic carbocycles. The zero-order valence-electron chi connectivity index (χ0n) is 24.8. The van der Waals surface area contributed by atoms with E-state index in [1.807, 2.05) is 60.7 Å². The fraction of sp³-hybridized carbons (Fsp3) is 0.314. The van der Waals surface area contributed by atoms with Crippen molar-refractivity contribution in [3.8, 4) is 17.4 Å². The first kappa shape index (κ1) is 28.6. The summed E-state index contributed by atoms with van der Waals surface area (Å²) in [5.41, 5.74) is 3.40. The lowest BCUT2D eigenvalue weighted by Crippen LogP contribution is -2.34. The van der Waals surface area contributed by atoms with Crippen molar-refractivity contribution in [1.82, 2.24) is 9.88 Å². The molecule has 0 amide bonds. The Balaban J connectivity index is 1.53. The maximum Gasteiger partial charge on any atom is 0.342 e. The first-order valence-corrected chi connectivity index (χ1v) is 14.8. The highest BCUT2D eigenvalue weighted by Gasteiger charge is 2.34. The number of aromatic nitrogens is 1. The van der Waals surface area contributed by atoms with Crippen LogP contribution in [0.5, 0.6) is 17.4 Å². The van der Waals surface area contributed by atoms with Crippen LogP contribution in [0.2, 0.25) is 0 Å². The highest BCUT2D eigenvalue weighted by Crippen LogP contribution is 2.48. The number of methoxy groups -OCH3 is 1. The maximum atomic E-state index is 13.4. The summed E-state index contributed by atoms with van der Waals surface area (Å²) in [4.78, 5) is 20.2. The molecule has 8 heteroatoms. The number of hydrogen-bond acceptors (Lipinski definition) is 8. The minimum absolute atomic E-state index is 0.126. The largest absolute Gasteiger partial charge is 0.507 e. The number of aromatic hydroxyl groups is 1. The van der Waals surface area contributed by atoms with Crippen molar-refractivity contribution in [3.63, 3.8) is 0 Å². The Morgan fingerprint density at radius 3 is 2.60 bits per heavy atom. The first-order valence-electron chi connectivity index (χ1n) is 14.8. The van der Waals surface area contributed by atoms with Gasteiger partial charge in [-0.05, 0) is 69.1 Å². The minimum atomic E-state index is -0.468. The predicted molar refractivity (Wildman–Crippen MR) is 165 cm³/mol. The number of phenols is 1. The Hall–Kier alpha value is -4.56. The normalized spacial score (nSPS) is 14.6. The Morgan fingerprint density at radius 1 is 1.05 bits per heavy atom. The van der Waals surface area contributed by atoms with Crippen LogP contribution in [0.25, 0.3) is 21.7 Å². The van der Waals surface area contributed by atoms with E-state index in [1.54, 1.807) is 27.2 Å². The molecule has 0 saturated carbocycles. The van der Waals surface area contributed by atoms with Gasteiger partial charge in [0.05, 0.1) is 19.8 Å². The summed E-state index contributed by atoms with van der Waals surface area (Å²) in [5.74, 6) is 1.34. The molecule has 0 radical (unpaired) electrons. The number of rotatable bonds is 9. The van der Waals surface area contributed by atoms with Crippen LogP contribution in [0.4, 0.5) is 0 Å². The number of hydrogen-bond donors (Lipinski definition) is 1. The average molecular weight is 581 g/mol. The average Bonchev–Trinajstić information content (AvgIpc) is 3.39. The molecule has 1 fully saturated rings. The van der Waals surface area contributed by atoms with E-state index in [0.717, 1.165) is 54.6 Å². The number of piperidine rings is 1. The molecule has 1 aliphatic rings.